The molecule has 0 saturated heterocycles. The monoisotopic (exact) mass is 221 g/mol. The summed E-state index contributed by atoms with van der Waals surface area (Å²) < 4.78 is 6.00. The van der Waals surface area contributed by atoms with Crippen LogP contribution < -0.4 is 5.32 Å². The molecule has 2 nitrogen and oxygen atoms in total. The molecule has 0 amide bonds. The van der Waals surface area contributed by atoms with E-state index < -0.39 is 0 Å². The van der Waals surface area contributed by atoms with Gasteiger partial charge in [0.1, 0.15) is 0 Å². The second kappa shape index (κ2) is 6.66. The van der Waals surface area contributed by atoms with Crippen LogP contribution >= 0.6 is 0 Å². The molecule has 1 rings (SSSR count). The van der Waals surface area contributed by atoms with Crippen LogP contribution in [0.5, 0.6) is 0 Å². The predicted molar refractivity (Wildman–Crippen MR) is 68.5 cm³/mol. The van der Waals surface area contributed by atoms with Gasteiger partial charge in [0.05, 0.1) is 12.2 Å². The highest BCUT2D eigenvalue weighted by Gasteiger charge is 2.21. The minimum atomic E-state index is -0.0636. The van der Waals surface area contributed by atoms with Crippen molar-refractivity contribution < 1.29 is 4.74 Å². The minimum Gasteiger partial charge on any atom is -0.369 e. The normalized spacial score (nSPS) is 14.7. The Bertz CT molecular complexity index is 286. The third-order valence-electron chi connectivity index (χ3n) is 2.93. The smallest absolute Gasteiger partial charge is 0.0780 e. The van der Waals surface area contributed by atoms with Crippen LogP contribution in [0.1, 0.15) is 32.8 Å². The molecule has 0 bridgehead atoms. The van der Waals surface area contributed by atoms with E-state index in [0.717, 1.165) is 19.5 Å². The highest BCUT2D eigenvalue weighted by molar-refractivity contribution is 5.13. The lowest BCUT2D eigenvalue weighted by atomic mass is 10.0. The molecule has 1 aromatic rings. The number of hydrogen-bond acceptors (Lipinski definition) is 2. The van der Waals surface area contributed by atoms with Crippen molar-refractivity contribution in [1.82, 2.24) is 5.32 Å². The number of rotatable bonds is 7. The van der Waals surface area contributed by atoms with Crippen molar-refractivity contribution in [3.63, 3.8) is 0 Å². The first-order valence-electron chi connectivity index (χ1n) is 6.09. The van der Waals surface area contributed by atoms with Gasteiger partial charge in [0.2, 0.25) is 0 Å². The molecule has 0 heterocycles. The first-order chi connectivity index (χ1) is 7.70. The van der Waals surface area contributed by atoms with Crippen molar-refractivity contribution in [3.05, 3.63) is 35.9 Å². The highest BCUT2D eigenvalue weighted by atomic mass is 16.5. The van der Waals surface area contributed by atoms with Crippen LogP contribution in [0.3, 0.4) is 0 Å². The topological polar surface area (TPSA) is 21.3 Å². The maximum atomic E-state index is 6.00. The van der Waals surface area contributed by atoms with Gasteiger partial charge in [0.15, 0.2) is 0 Å². The molecule has 0 spiro atoms. The molecule has 0 aliphatic carbocycles. The van der Waals surface area contributed by atoms with Crippen molar-refractivity contribution in [2.45, 2.75) is 39.4 Å². The van der Waals surface area contributed by atoms with Crippen LogP contribution in [-0.4, -0.2) is 18.7 Å². The van der Waals surface area contributed by atoms with E-state index in [4.69, 9.17) is 4.74 Å². The number of benzene rings is 1. The molecule has 1 N–H and O–H groups in total. The van der Waals surface area contributed by atoms with E-state index in [1.807, 2.05) is 18.2 Å². The van der Waals surface area contributed by atoms with E-state index in [2.05, 4.69) is 38.2 Å². The first-order valence-corrected chi connectivity index (χ1v) is 6.09. The Balaban J connectivity index is 2.44. The van der Waals surface area contributed by atoms with Gasteiger partial charge >= 0.3 is 0 Å². The first kappa shape index (κ1) is 13.2. The van der Waals surface area contributed by atoms with Gasteiger partial charge in [0.25, 0.3) is 0 Å². The third kappa shape index (κ3) is 4.33. The summed E-state index contributed by atoms with van der Waals surface area (Å²) in [5, 5.41) is 3.35. The lowest BCUT2D eigenvalue weighted by Gasteiger charge is -2.29. The summed E-state index contributed by atoms with van der Waals surface area (Å²) in [6.45, 7) is 9.04. The van der Waals surface area contributed by atoms with Crippen molar-refractivity contribution in [1.29, 1.82) is 0 Å². The summed E-state index contributed by atoms with van der Waals surface area (Å²) in [5.74, 6) is 0. The van der Waals surface area contributed by atoms with Gasteiger partial charge in [-0.15, -0.1) is 0 Å². The molecule has 2 heteroatoms. The van der Waals surface area contributed by atoms with Crippen molar-refractivity contribution >= 4 is 0 Å². The van der Waals surface area contributed by atoms with E-state index in [9.17, 15) is 0 Å². The van der Waals surface area contributed by atoms with E-state index in [-0.39, 0.29) is 5.60 Å². The molecule has 0 fully saturated rings. The summed E-state index contributed by atoms with van der Waals surface area (Å²) in [6, 6.07) is 10.3. The average molecular weight is 221 g/mol. The lowest BCUT2D eigenvalue weighted by molar-refractivity contribution is -0.0440. The fourth-order valence-electron chi connectivity index (χ4n) is 1.50. The molecule has 16 heavy (non-hydrogen) atoms. The Morgan fingerprint density at radius 1 is 1.19 bits per heavy atom. The Kier molecular flexibility index (Phi) is 5.50. The summed E-state index contributed by atoms with van der Waals surface area (Å²) in [5.41, 5.74) is 1.17. The Labute approximate surface area is 99.0 Å². The highest BCUT2D eigenvalue weighted by Crippen LogP contribution is 2.16. The van der Waals surface area contributed by atoms with Gasteiger partial charge in [-0.05, 0) is 25.5 Å². The van der Waals surface area contributed by atoms with E-state index in [1.165, 1.54) is 5.56 Å². The standard InChI is InChI=1S/C14H23NO/c1-4-14(3,12-15-5-2)16-11-13-9-7-6-8-10-13/h6-10,15H,4-5,11-12H2,1-3H3. The number of ether oxygens (including phenoxy) is 1. The van der Waals surface area contributed by atoms with Crippen molar-refractivity contribution in [2.24, 2.45) is 0 Å². The fourth-order valence-corrected chi connectivity index (χ4v) is 1.50. The van der Waals surface area contributed by atoms with Gasteiger partial charge in [0, 0.05) is 6.54 Å². The van der Waals surface area contributed by atoms with Crippen LogP contribution in [-0.2, 0) is 11.3 Å². The van der Waals surface area contributed by atoms with Gasteiger partial charge in [-0.25, -0.2) is 0 Å². The average Bonchev–Trinajstić information content (AvgIpc) is 2.35. The van der Waals surface area contributed by atoms with Crippen LogP contribution in [0.15, 0.2) is 30.3 Å². The van der Waals surface area contributed by atoms with Crippen LogP contribution in [0, 0.1) is 0 Å². The zero-order valence-electron chi connectivity index (χ0n) is 10.6. The third-order valence-corrected chi connectivity index (χ3v) is 2.93. The van der Waals surface area contributed by atoms with Crippen LogP contribution in [0.25, 0.3) is 0 Å². The van der Waals surface area contributed by atoms with Gasteiger partial charge in [-0.3, -0.25) is 0 Å². The fraction of sp³-hybridized carbons (Fsp3) is 0.571. The van der Waals surface area contributed by atoms with Gasteiger partial charge in [-0.1, -0.05) is 44.2 Å². The van der Waals surface area contributed by atoms with Crippen LogP contribution in [0.2, 0.25) is 0 Å². The molecule has 90 valence electrons. The summed E-state index contributed by atoms with van der Waals surface area (Å²) >= 11 is 0. The molecule has 0 aliphatic rings. The molecule has 1 unspecified atom stereocenters. The van der Waals surface area contributed by atoms with Crippen molar-refractivity contribution in [2.75, 3.05) is 13.1 Å². The maximum Gasteiger partial charge on any atom is 0.0780 e. The second-order valence-electron chi connectivity index (χ2n) is 4.36. The zero-order valence-corrected chi connectivity index (χ0v) is 10.6. The summed E-state index contributed by atoms with van der Waals surface area (Å²) in [4.78, 5) is 0. The molecule has 1 aromatic carbocycles. The predicted octanol–water partition coefficient (Wildman–Crippen LogP) is 2.98. The molecule has 0 aliphatic heterocycles. The second-order valence-corrected chi connectivity index (χ2v) is 4.36. The largest absolute Gasteiger partial charge is 0.369 e. The zero-order chi connectivity index (χ0) is 11.9. The van der Waals surface area contributed by atoms with Gasteiger partial charge in [-0.2, -0.15) is 0 Å². The molecule has 1 atom stereocenters. The summed E-state index contributed by atoms with van der Waals surface area (Å²) in [7, 11) is 0. The molecule has 0 saturated carbocycles. The molecular formula is C14H23NO. The van der Waals surface area contributed by atoms with E-state index in [0.29, 0.717) is 6.61 Å². The van der Waals surface area contributed by atoms with Gasteiger partial charge < -0.3 is 10.1 Å². The Hall–Kier alpha value is -0.860. The molecule has 0 radical (unpaired) electrons. The summed E-state index contributed by atoms with van der Waals surface area (Å²) in [6.07, 6.45) is 1.02. The maximum absolute atomic E-state index is 6.00. The van der Waals surface area contributed by atoms with E-state index in [1.54, 1.807) is 0 Å². The lowest BCUT2D eigenvalue weighted by Crippen LogP contribution is -2.39. The SMILES string of the molecule is CCNCC(C)(CC)OCc1ccccc1. The quantitative estimate of drug-likeness (QED) is 0.764. The molecule has 0 aromatic heterocycles. The van der Waals surface area contributed by atoms with E-state index >= 15 is 0 Å². The number of hydrogen-bond donors (Lipinski definition) is 1. The number of nitrogens with one attached hydrogen (secondary N) is 1. The molecular weight excluding hydrogens is 198 g/mol. The Morgan fingerprint density at radius 3 is 2.44 bits per heavy atom. The Morgan fingerprint density at radius 2 is 1.88 bits per heavy atom. The number of likely N-dealkylation sites (N-methyl/N-ethyl adjacent to an activating group) is 1. The van der Waals surface area contributed by atoms with Crippen molar-refractivity contribution in [3.8, 4) is 0 Å². The van der Waals surface area contributed by atoms with Crippen LogP contribution in [0.4, 0.5) is 0 Å². The minimum absolute atomic E-state index is 0.0636.